The lowest BCUT2D eigenvalue weighted by atomic mass is 9.97. The van der Waals surface area contributed by atoms with Crippen LogP contribution in [0, 0.1) is 5.82 Å². The third-order valence-electron chi connectivity index (χ3n) is 4.18. The van der Waals surface area contributed by atoms with Gasteiger partial charge in [-0.1, -0.05) is 0 Å². The van der Waals surface area contributed by atoms with Crippen LogP contribution < -0.4 is 10.6 Å². The highest BCUT2D eigenvalue weighted by Crippen LogP contribution is 2.59. The molecule has 1 amide bonds. The average Bonchev–Trinajstić information content (AvgIpc) is 3.14. The van der Waals surface area contributed by atoms with Crippen LogP contribution in [-0.2, 0) is 10.2 Å². The van der Waals surface area contributed by atoms with Crippen LogP contribution in [0.1, 0.15) is 31.2 Å². The second-order valence-corrected chi connectivity index (χ2v) is 5.38. The number of carbonyl (C=O) groups is 1. The number of benzene rings is 1. The Morgan fingerprint density at radius 3 is 2.65 bits per heavy atom. The molecule has 1 aromatic rings. The summed E-state index contributed by atoms with van der Waals surface area (Å²) >= 11 is 0. The van der Waals surface area contributed by atoms with Crippen LogP contribution in [0.15, 0.2) is 12.1 Å². The molecule has 4 rings (SSSR count). The van der Waals surface area contributed by atoms with E-state index in [1.54, 1.807) is 6.07 Å². The van der Waals surface area contributed by atoms with E-state index in [0.717, 1.165) is 36.9 Å². The Bertz CT molecular complexity index is 547. The predicted octanol–water partition coefficient (Wildman–Crippen LogP) is 1.95. The molecule has 1 aromatic carbocycles. The minimum absolute atomic E-state index is 0.153. The van der Waals surface area contributed by atoms with E-state index in [9.17, 15) is 9.18 Å². The van der Waals surface area contributed by atoms with E-state index in [1.807, 2.05) is 4.90 Å². The first kappa shape index (κ1) is 9.45. The Balaban J connectivity index is 1.95. The van der Waals surface area contributed by atoms with Crippen molar-refractivity contribution in [2.24, 2.45) is 0 Å². The maximum Gasteiger partial charge on any atom is 0.237 e. The van der Waals surface area contributed by atoms with Gasteiger partial charge >= 0.3 is 0 Å². The number of carbonyl (C=O) groups excluding carboxylic acids is 1. The number of nitrogen functional groups attached to an aromatic ring is 1. The Morgan fingerprint density at radius 2 is 2.06 bits per heavy atom. The van der Waals surface area contributed by atoms with Gasteiger partial charge in [-0.2, -0.15) is 0 Å². The normalized spacial score (nSPS) is 24.3. The third kappa shape index (κ3) is 1.03. The number of rotatable bonds is 1. The Kier molecular flexibility index (Phi) is 1.46. The first-order valence-electron chi connectivity index (χ1n) is 6.07. The van der Waals surface area contributed by atoms with Crippen LogP contribution in [0.2, 0.25) is 0 Å². The van der Waals surface area contributed by atoms with Crippen LogP contribution in [-0.4, -0.2) is 11.9 Å². The molecule has 3 nitrogen and oxygen atoms in total. The molecule has 2 saturated carbocycles. The molecule has 3 aliphatic rings. The average molecular weight is 232 g/mol. The van der Waals surface area contributed by atoms with Gasteiger partial charge in [-0.25, -0.2) is 4.39 Å². The minimum atomic E-state index is -0.417. The largest absolute Gasteiger partial charge is 0.396 e. The summed E-state index contributed by atoms with van der Waals surface area (Å²) in [6.45, 7) is 0. The molecule has 0 bridgehead atoms. The second kappa shape index (κ2) is 2.63. The number of amides is 1. The second-order valence-electron chi connectivity index (χ2n) is 5.38. The van der Waals surface area contributed by atoms with Crippen LogP contribution >= 0.6 is 0 Å². The number of halogens is 1. The highest BCUT2D eigenvalue weighted by Gasteiger charge is 2.61. The highest BCUT2D eigenvalue weighted by atomic mass is 19.1. The molecule has 1 spiro atoms. The summed E-state index contributed by atoms with van der Waals surface area (Å²) in [7, 11) is 0. The van der Waals surface area contributed by atoms with Crippen molar-refractivity contribution in [2.75, 3.05) is 10.6 Å². The summed E-state index contributed by atoms with van der Waals surface area (Å²) in [6, 6.07) is 3.40. The first-order chi connectivity index (χ1) is 8.13. The lowest BCUT2D eigenvalue weighted by Gasteiger charge is -2.17. The minimum Gasteiger partial charge on any atom is -0.396 e. The summed E-state index contributed by atoms with van der Waals surface area (Å²) in [5, 5.41) is 0. The van der Waals surface area contributed by atoms with E-state index in [4.69, 9.17) is 5.73 Å². The number of hydrogen-bond acceptors (Lipinski definition) is 2. The molecule has 2 N–H and O–H groups in total. The smallest absolute Gasteiger partial charge is 0.237 e. The summed E-state index contributed by atoms with van der Waals surface area (Å²) in [4.78, 5) is 14.2. The van der Waals surface area contributed by atoms with Crippen molar-refractivity contribution in [3.8, 4) is 0 Å². The van der Waals surface area contributed by atoms with Crippen molar-refractivity contribution in [1.82, 2.24) is 0 Å². The molecule has 0 saturated heterocycles. The molecule has 0 radical (unpaired) electrons. The molecular formula is C13H13FN2O. The summed E-state index contributed by atoms with van der Waals surface area (Å²) in [6.07, 6.45) is 3.83. The Hall–Kier alpha value is -1.58. The first-order valence-corrected chi connectivity index (χ1v) is 6.07. The van der Waals surface area contributed by atoms with Crippen molar-refractivity contribution in [3.63, 3.8) is 0 Å². The van der Waals surface area contributed by atoms with E-state index in [2.05, 4.69) is 0 Å². The summed E-state index contributed by atoms with van der Waals surface area (Å²) < 4.78 is 13.6. The van der Waals surface area contributed by atoms with Gasteiger partial charge in [0.25, 0.3) is 0 Å². The van der Waals surface area contributed by atoms with Crippen LogP contribution in [0.3, 0.4) is 0 Å². The summed E-state index contributed by atoms with van der Waals surface area (Å²) in [5.41, 5.74) is 7.14. The Morgan fingerprint density at radius 1 is 1.35 bits per heavy atom. The molecule has 1 heterocycles. The zero-order valence-corrected chi connectivity index (χ0v) is 9.37. The number of fused-ring (bicyclic) bond motifs is 2. The van der Waals surface area contributed by atoms with E-state index in [-0.39, 0.29) is 17.0 Å². The molecule has 88 valence electrons. The number of anilines is 2. The van der Waals surface area contributed by atoms with Gasteiger partial charge in [0.2, 0.25) is 5.91 Å². The third-order valence-corrected chi connectivity index (χ3v) is 4.18. The van der Waals surface area contributed by atoms with Crippen molar-refractivity contribution >= 4 is 17.3 Å². The zero-order chi connectivity index (χ0) is 11.8. The highest BCUT2D eigenvalue weighted by molar-refractivity contribution is 6.11. The van der Waals surface area contributed by atoms with Gasteiger partial charge in [0.15, 0.2) is 0 Å². The van der Waals surface area contributed by atoms with Crippen LogP contribution in [0.25, 0.3) is 0 Å². The van der Waals surface area contributed by atoms with E-state index >= 15 is 0 Å². The van der Waals surface area contributed by atoms with E-state index < -0.39 is 5.82 Å². The zero-order valence-electron chi connectivity index (χ0n) is 9.37. The standard InChI is InChI=1S/C13H13FN2O/c14-9-6-11-8(5-10(9)15)13(3-4-13)12(17)16(11)7-1-2-7/h5-7H,1-4,15H2. The van der Waals surface area contributed by atoms with Gasteiger partial charge in [0.1, 0.15) is 5.82 Å². The van der Waals surface area contributed by atoms with Gasteiger partial charge in [-0.15, -0.1) is 0 Å². The van der Waals surface area contributed by atoms with Crippen molar-refractivity contribution in [2.45, 2.75) is 37.1 Å². The fraction of sp³-hybridized carbons (Fsp3) is 0.462. The molecule has 0 atom stereocenters. The lowest BCUT2D eigenvalue weighted by Crippen LogP contribution is -2.33. The fourth-order valence-corrected chi connectivity index (χ4v) is 2.92. The molecule has 2 fully saturated rings. The maximum absolute atomic E-state index is 13.6. The molecule has 4 heteroatoms. The molecule has 17 heavy (non-hydrogen) atoms. The van der Waals surface area contributed by atoms with Gasteiger partial charge in [-0.05, 0) is 37.3 Å². The topological polar surface area (TPSA) is 46.3 Å². The quantitative estimate of drug-likeness (QED) is 0.752. The number of nitrogens with zero attached hydrogens (tertiary/aromatic N) is 1. The van der Waals surface area contributed by atoms with Crippen LogP contribution in [0.5, 0.6) is 0 Å². The monoisotopic (exact) mass is 232 g/mol. The van der Waals surface area contributed by atoms with Crippen molar-refractivity contribution < 1.29 is 9.18 Å². The van der Waals surface area contributed by atoms with E-state index in [0.29, 0.717) is 6.04 Å². The van der Waals surface area contributed by atoms with E-state index in [1.165, 1.54) is 6.07 Å². The molecule has 0 unspecified atom stereocenters. The molecular weight excluding hydrogens is 219 g/mol. The molecule has 1 aliphatic heterocycles. The van der Waals surface area contributed by atoms with Gasteiger partial charge < -0.3 is 10.6 Å². The van der Waals surface area contributed by atoms with Crippen molar-refractivity contribution in [3.05, 3.63) is 23.5 Å². The van der Waals surface area contributed by atoms with Crippen molar-refractivity contribution in [1.29, 1.82) is 0 Å². The number of hydrogen-bond donors (Lipinski definition) is 1. The van der Waals surface area contributed by atoms with Gasteiger partial charge in [0.05, 0.1) is 16.8 Å². The molecule has 2 aliphatic carbocycles. The lowest BCUT2D eigenvalue weighted by molar-refractivity contribution is -0.120. The SMILES string of the molecule is Nc1cc2c(cc1F)N(C1CC1)C(=O)C21CC1. The van der Waals surface area contributed by atoms with Gasteiger partial charge in [-0.3, -0.25) is 4.79 Å². The van der Waals surface area contributed by atoms with Gasteiger partial charge in [0, 0.05) is 12.1 Å². The molecule has 0 aromatic heterocycles. The summed E-state index contributed by atoms with van der Waals surface area (Å²) in [5.74, 6) is -0.250. The maximum atomic E-state index is 13.6. The van der Waals surface area contributed by atoms with Crippen LogP contribution in [0.4, 0.5) is 15.8 Å². The Labute approximate surface area is 98.4 Å². The predicted molar refractivity (Wildman–Crippen MR) is 62.2 cm³/mol. The fourth-order valence-electron chi connectivity index (χ4n) is 2.92. The number of nitrogens with two attached hydrogens (primary N) is 1.